The number of benzene rings is 1. The Morgan fingerprint density at radius 3 is 2.90 bits per heavy atom. The maximum absolute atomic E-state index is 11.7. The average Bonchev–Trinajstić information content (AvgIpc) is 3.13. The predicted octanol–water partition coefficient (Wildman–Crippen LogP) is 3.25. The first-order chi connectivity index (χ1) is 10.2. The van der Waals surface area contributed by atoms with Gasteiger partial charge in [-0.3, -0.25) is 9.69 Å². The number of likely N-dealkylation sites (tertiary alicyclic amines) is 1. The molecule has 3 fully saturated rings. The molecule has 2 atom stereocenters. The van der Waals surface area contributed by atoms with E-state index in [1.54, 1.807) is 0 Å². The molecular weight excluding hydrogens is 262 g/mol. The molecule has 3 nitrogen and oxygen atoms in total. The number of fused-ring (bicyclic) bond motifs is 1. The van der Waals surface area contributed by atoms with E-state index in [2.05, 4.69) is 29.2 Å². The van der Waals surface area contributed by atoms with Gasteiger partial charge in [0.2, 0.25) is 0 Å². The molecular formula is C18H23NO2. The molecule has 0 radical (unpaired) electrons. The third-order valence-electron chi connectivity index (χ3n) is 5.77. The van der Waals surface area contributed by atoms with E-state index in [1.165, 1.54) is 24.0 Å². The summed E-state index contributed by atoms with van der Waals surface area (Å²) in [6, 6.07) is 8.91. The number of rotatable bonds is 4. The van der Waals surface area contributed by atoms with Gasteiger partial charge in [-0.1, -0.05) is 30.7 Å². The highest BCUT2D eigenvalue weighted by atomic mass is 16.4. The van der Waals surface area contributed by atoms with Gasteiger partial charge in [-0.25, -0.2) is 0 Å². The second kappa shape index (κ2) is 4.84. The van der Waals surface area contributed by atoms with Crippen LogP contribution in [0.25, 0.3) is 0 Å². The summed E-state index contributed by atoms with van der Waals surface area (Å²) >= 11 is 0. The molecule has 1 heterocycles. The minimum atomic E-state index is -0.570. The van der Waals surface area contributed by atoms with Gasteiger partial charge in [0, 0.05) is 19.6 Å². The Morgan fingerprint density at radius 1 is 1.33 bits per heavy atom. The van der Waals surface area contributed by atoms with Crippen LogP contribution in [0.4, 0.5) is 0 Å². The summed E-state index contributed by atoms with van der Waals surface area (Å²) in [6.07, 6.45) is 5.70. The molecule has 0 spiro atoms. The fourth-order valence-electron chi connectivity index (χ4n) is 4.48. The van der Waals surface area contributed by atoms with Gasteiger partial charge in [-0.2, -0.15) is 0 Å². The van der Waals surface area contributed by atoms with E-state index >= 15 is 0 Å². The van der Waals surface area contributed by atoms with E-state index in [0.717, 1.165) is 44.8 Å². The summed E-state index contributed by atoms with van der Waals surface area (Å²) < 4.78 is 0. The van der Waals surface area contributed by atoms with Crippen molar-refractivity contribution in [1.82, 2.24) is 4.90 Å². The molecule has 3 aliphatic rings. The second-order valence-electron chi connectivity index (χ2n) is 7.24. The van der Waals surface area contributed by atoms with Crippen LogP contribution >= 0.6 is 0 Å². The lowest BCUT2D eigenvalue weighted by atomic mass is 9.81. The van der Waals surface area contributed by atoms with Gasteiger partial charge in [0.1, 0.15) is 0 Å². The highest BCUT2D eigenvalue weighted by Gasteiger charge is 2.54. The molecule has 0 unspecified atom stereocenters. The van der Waals surface area contributed by atoms with Crippen LogP contribution in [-0.4, -0.2) is 29.1 Å². The first kappa shape index (κ1) is 13.3. The molecule has 0 bridgehead atoms. The van der Waals surface area contributed by atoms with Gasteiger partial charge in [-0.15, -0.1) is 0 Å². The molecule has 0 amide bonds. The van der Waals surface area contributed by atoms with Crippen LogP contribution in [0.5, 0.6) is 0 Å². The zero-order chi connectivity index (χ0) is 14.4. The Kier molecular flexibility index (Phi) is 3.07. The Balaban J connectivity index is 1.49. The minimum Gasteiger partial charge on any atom is -0.481 e. The number of carboxylic acids is 1. The van der Waals surface area contributed by atoms with E-state index in [9.17, 15) is 9.90 Å². The molecule has 1 aromatic rings. The van der Waals surface area contributed by atoms with Crippen LogP contribution in [0.2, 0.25) is 0 Å². The van der Waals surface area contributed by atoms with E-state index in [0.29, 0.717) is 5.92 Å². The highest BCUT2D eigenvalue weighted by Crippen LogP contribution is 2.49. The van der Waals surface area contributed by atoms with Gasteiger partial charge in [-0.05, 0) is 48.6 Å². The maximum Gasteiger partial charge on any atom is 0.311 e. The van der Waals surface area contributed by atoms with Gasteiger partial charge in [0.05, 0.1) is 5.41 Å². The first-order valence-corrected chi connectivity index (χ1v) is 8.22. The number of nitrogens with zero attached hydrogens (tertiary/aromatic N) is 1. The Labute approximate surface area is 126 Å². The minimum absolute atomic E-state index is 0.363. The number of hydrogen-bond acceptors (Lipinski definition) is 2. The van der Waals surface area contributed by atoms with Crippen molar-refractivity contribution in [3.63, 3.8) is 0 Å². The third-order valence-corrected chi connectivity index (χ3v) is 5.77. The summed E-state index contributed by atoms with van der Waals surface area (Å²) in [6.45, 7) is 2.60. The summed E-state index contributed by atoms with van der Waals surface area (Å²) in [5, 5.41) is 9.66. The third kappa shape index (κ3) is 2.28. The number of carboxylic acid groups (broad SMARTS) is 1. The van der Waals surface area contributed by atoms with E-state index < -0.39 is 11.4 Å². The lowest BCUT2D eigenvalue weighted by molar-refractivity contribution is -0.149. The SMILES string of the molecule is O=C(O)[C@@]12CCC[C@H]1CN(Cc1cccc(C3CC3)c1)C2. The number of carbonyl (C=O) groups is 1. The van der Waals surface area contributed by atoms with Crippen LogP contribution in [0.1, 0.15) is 49.1 Å². The molecule has 2 saturated carbocycles. The van der Waals surface area contributed by atoms with Crippen LogP contribution in [-0.2, 0) is 11.3 Å². The van der Waals surface area contributed by atoms with Crippen LogP contribution in [0.3, 0.4) is 0 Å². The average molecular weight is 285 g/mol. The number of hydrogen-bond donors (Lipinski definition) is 1. The van der Waals surface area contributed by atoms with Crippen molar-refractivity contribution in [1.29, 1.82) is 0 Å². The quantitative estimate of drug-likeness (QED) is 0.923. The zero-order valence-electron chi connectivity index (χ0n) is 12.4. The lowest BCUT2D eigenvalue weighted by Crippen LogP contribution is -2.35. The molecule has 1 saturated heterocycles. The molecule has 2 aliphatic carbocycles. The smallest absolute Gasteiger partial charge is 0.311 e. The van der Waals surface area contributed by atoms with Gasteiger partial charge < -0.3 is 5.11 Å². The summed E-state index contributed by atoms with van der Waals surface area (Å²) in [7, 11) is 0. The molecule has 1 N–H and O–H groups in total. The molecule has 0 aromatic heterocycles. The highest BCUT2D eigenvalue weighted by molar-refractivity contribution is 5.76. The monoisotopic (exact) mass is 285 g/mol. The Hall–Kier alpha value is -1.35. The van der Waals surface area contributed by atoms with E-state index in [1.807, 2.05) is 0 Å². The van der Waals surface area contributed by atoms with Crippen LogP contribution in [0, 0.1) is 11.3 Å². The summed E-state index contributed by atoms with van der Waals surface area (Å²) in [5.41, 5.74) is 2.37. The van der Waals surface area contributed by atoms with Gasteiger partial charge >= 0.3 is 5.97 Å². The maximum atomic E-state index is 11.7. The van der Waals surface area contributed by atoms with E-state index in [4.69, 9.17) is 0 Å². The van der Waals surface area contributed by atoms with Gasteiger partial charge in [0.25, 0.3) is 0 Å². The van der Waals surface area contributed by atoms with Crippen molar-refractivity contribution in [3.8, 4) is 0 Å². The van der Waals surface area contributed by atoms with Crippen molar-refractivity contribution >= 4 is 5.97 Å². The first-order valence-electron chi connectivity index (χ1n) is 8.22. The second-order valence-corrected chi connectivity index (χ2v) is 7.24. The van der Waals surface area contributed by atoms with Crippen molar-refractivity contribution in [2.24, 2.45) is 11.3 Å². The summed E-state index contributed by atoms with van der Waals surface area (Å²) in [5.74, 6) is 0.578. The van der Waals surface area contributed by atoms with Crippen molar-refractivity contribution in [3.05, 3.63) is 35.4 Å². The van der Waals surface area contributed by atoms with E-state index in [-0.39, 0.29) is 0 Å². The number of aliphatic carboxylic acids is 1. The molecule has 3 heteroatoms. The normalized spacial score (nSPS) is 32.3. The fraction of sp³-hybridized carbons (Fsp3) is 0.611. The zero-order valence-corrected chi connectivity index (χ0v) is 12.4. The molecule has 21 heavy (non-hydrogen) atoms. The molecule has 112 valence electrons. The fourth-order valence-corrected chi connectivity index (χ4v) is 4.48. The predicted molar refractivity (Wildman–Crippen MR) is 81.1 cm³/mol. The standard InChI is InChI=1S/C18H23NO2/c20-17(21)18-8-2-5-16(18)11-19(12-18)10-13-3-1-4-15(9-13)14-6-7-14/h1,3-4,9,14,16H,2,5-8,10-12H2,(H,20,21)/t16-,18+/m0/s1. The Morgan fingerprint density at radius 2 is 2.19 bits per heavy atom. The van der Waals surface area contributed by atoms with Crippen molar-refractivity contribution < 1.29 is 9.90 Å². The van der Waals surface area contributed by atoms with Crippen LogP contribution in [0.15, 0.2) is 24.3 Å². The van der Waals surface area contributed by atoms with Gasteiger partial charge in [0.15, 0.2) is 0 Å². The van der Waals surface area contributed by atoms with Crippen LogP contribution < -0.4 is 0 Å². The Bertz CT molecular complexity index is 566. The molecule has 4 rings (SSSR count). The van der Waals surface area contributed by atoms with Crippen molar-refractivity contribution in [2.75, 3.05) is 13.1 Å². The molecule has 1 aliphatic heterocycles. The lowest BCUT2D eigenvalue weighted by Gasteiger charge is -2.23. The van der Waals surface area contributed by atoms with Crippen molar-refractivity contribution in [2.45, 2.75) is 44.6 Å². The topological polar surface area (TPSA) is 40.5 Å². The largest absolute Gasteiger partial charge is 0.481 e. The summed E-state index contributed by atoms with van der Waals surface area (Å²) in [4.78, 5) is 14.1. The molecule has 1 aromatic carbocycles.